The van der Waals surface area contributed by atoms with Crippen LogP contribution in [0.3, 0.4) is 0 Å². The van der Waals surface area contributed by atoms with E-state index in [4.69, 9.17) is 4.74 Å². The average Bonchev–Trinajstić information content (AvgIpc) is 2.46. The van der Waals surface area contributed by atoms with Gasteiger partial charge in [-0.3, -0.25) is 4.98 Å². The number of carbonyl (C=O) groups is 1. The van der Waals surface area contributed by atoms with Gasteiger partial charge < -0.3 is 14.7 Å². The average molecular weight is 292 g/mol. The number of hydrogen-bond acceptors (Lipinski definition) is 4. The second-order valence-electron chi connectivity index (χ2n) is 6.56. The minimum Gasteiger partial charge on any atom is -0.444 e. The highest BCUT2D eigenvalue weighted by molar-refractivity contribution is 5.68. The molecule has 5 heteroatoms. The predicted octanol–water partition coefficient (Wildman–Crippen LogP) is 2.76. The molecule has 21 heavy (non-hydrogen) atoms. The molecule has 0 bridgehead atoms. The van der Waals surface area contributed by atoms with Crippen molar-refractivity contribution in [2.75, 3.05) is 13.1 Å². The lowest BCUT2D eigenvalue weighted by Crippen LogP contribution is -2.44. The molecule has 2 atom stereocenters. The Kier molecular flexibility index (Phi) is 4.83. The maximum Gasteiger partial charge on any atom is 0.410 e. The number of hydrogen-bond donors (Lipinski definition) is 1. The Morgan fingerprint density at radius 1 is 1.52 bits per heavy atom. The van der Waals surface area contributed by atoms with E-state index in [1.165, 1.54) is 0 Å². The summed E-state index contributed by atoms with van der Waals surface area (Å²) in [6.07, 6.45) is 4.24. The van der Waals surface area contributed by atoms with Gasteiger partial charge in [0.15, 0.2) is 0 Å². The molecule has 0 spiro atoms. The summed E-state index contributed by atoms with van der Waals surface area (Å²) < 4.78 is 5.40. The lowest BCUT2D eigenvalue weighted by molar-refractivity contribution is 0.00234. The first-order valence-corrected chi connectivity index (χ1v) is 7.43. The molecule has 1 aliphatic heterocycles. The quantitative estimate of drug-likeness (QED) is 0.910. The number of likely N-dealkylation sites (tertiary alicyclic amines) is 1. The summed E-state index contributed by atoms with van der Waals surface area (Å²) in [5.41, 5.74) is 0.306. The van der Waals surface area contributed by atoms with E-state index < -0.39 is 11.7 Å². The molecule has 0 saturated carbocycles. The summed E-state index contributed by atoms with van der Waals surface area (Å²) in [5.74, 6) is 0.0236. The van der Waals surface area contributed by atoms with Gasteiger partial charge in [0, 0.05) is 31.4 Å². The third-order valence-electron chi connectivity index (χ3n) is 3.58. The smallest absolute Gasteiger partial charge is 0.410 e. The summed E-state index contributed by atoms with van der Waals surface area (Å²) >= 11 is 0. The van der Waals surface area contributed by atoms with Crippen molar-refractivity contribution in [3.63, 3.8) is 0 Å². The van der Waals surface area contributed by atoms with Crippen LogP contribution in [0.5, 0.6) is 0 Å². The molecule has 0 radical (unpaired) electrons. The fourth-order valence-electron chi connectivity index (χ4n) is 2.58. The van der Waals surface area contributed by atoms with Crippen LogP contribution in [0.1, 0.15) is 45.3 Å². The number of aliphatic hydroxyl groups excluding tert-OH is 1. The lowest BCUT2D eigenvalue weighted by atomic mass is 9.89. The van der Waals surface area contributed by atoms with Crippen LogP contribution in [0.15, 0.2) is 24.5 Å². The van der Waals surface area contributed by atoms with Crippen LogP contribution in [0.4, 0.5) is 4.79 Å². The third-order valence-corrected chi connectivity index (χ3v) is 3.58. The first-order chi connectivity index (χ1) is 9.87. The highest BCUT2D eigenvalue weighted by atomic mass is 16.6. The van der Waals surface area contributed by atoms with Gasteiger partial charge in [-0.2, -0.15) is 0 Å². The van der Waals surface area contributed by atoms with Gasteiger partial charge in [0.2, 0.25) is 0 Å². The van der Waals surface area contributed by atoms with Crippen LogP contribution in [0.2, 0.25) is 0 Å². The zero-order valence-electron chi connectivity index (χ0n) is 13.0. The summed E-state index contributed by atoms with van der Waals surface area (Å²) in [6, 6.07) is 3.68. The Morgan fingerprint density at radius 2 is 2.29 bits per heavy atom. The van der Waals surface area contributed by atoms with Gasteiger partial charge in [-0.05, 0) is 45.2 Å². The molecule has 1 fully saturated rings. The minimum atomic E-state index is -0.594. The van der Waals surface area contributed by atoms with Crippen molar-refractivity contribution in [2.24, 2.45) is 5.92 Å². The summed E-state index contributed by atoms with van der Waals surface area (Å²) in [4.78, 5) is 17.9. The third kappa shape index (κ3) is 4.43. The molecule has 1 N–H and O–H groups in total. The Hall–Kier alpha value is -1.62. The summed E-state index contributed by atoms with van der Waals surface area (Å²) in [7, 11) is 0. The Balaban J connectivity index is 1.99. The van der Waals surface area contributed by atoms with Crippen molar-refractivity contribution in [1.82, 2.24) is 9.88 Å². The van der Waals surface area contributed by atoms with Crippen LogP contribution >= 0.6 is 0 Å². The van der Waals surface area contributed by atoms with Gasteiger partial charge in [0.1, 0.15) is 5.60 Å². The second kappa shape index (κ2) is 6.43. The van der Waals surface area contributed by atoms with E-state index in [2.05, 4.69) is 4.98 Å². The van der Waals surface area contributed by atoms with E-state index in [-0.39, 0.29) is 12.0 Å². The van der Waals surface area contributed by atoms with Crippen molar-refractivity contribution in [3.8, 4) is 0 Å². The normalized spacial score (nSPS) is 21.0. The van der Waals surface area contributed by atoms with E-state index in [1.807, 2.05) is 32.9 Å². The molecule has 1 aliphatic rings. The van der Waals surface area contributed by atoms with Gasteiger partial charge in [-0.25, -0.2) is 4.79 Å². The Bertz CT molecular complexity index is 470. The number of pyridine rings is 1. The zero-order valence-corrected chi connectivity index (χ0v) is 13.0. The fourth-order valence-corrected chi connectivity index (χ4v) is 2.58. The van der Waals surface area contributed by atoms with E-state index in [0.717, 1.165) is 18.4 Å². The Labute approximate surface area is 125 Å². The van der Waals surface area contributed by atoms with E-state index in [9.17, 15) is 9.90 Å². The highest BCUT2D eigenvalue weighted by Crippen LogP contribution is 2.29. The monoisotopic (exact) mass is 292 g/mol. The van der Waals surface area contributed by atoms with Gasteiger partial charge in [-0.15, -0.1) is 0 Å². The SMILES string of the molecule is CC(C)(C)OC(=O)N1CCCC(C(O)c2cccnc2)C1. The Morgan fingerprint density at radius 3 is 2.90 bits per heavy atom. The van der Waals surface area contributed by atoms with E-state index in [1.54, 1.807) is 17.3 Å². The number of rotatable bonds is 2. The van der Waals surface area contributed by atoms with E-state index in [0.29, 0.717) is 13.1 Å². The molecule has 1 aromatic heterocycles. The van der Waals surface area contributed by atoms with Crippen LogP contribution < -0.4 is 0 Å². The van der Waals surface area contributed by atoms with Crippen molar-refractivity contribution in [3.05, 3.63) is 30.1 Å². The number of nitrogens with zero attached hydrogens (tertiary/aromatic N) is 2. The number of aromatic nitrogens is 1. The molecule has 1 amide bonds. The molecule has 5 nitrogen and oxygen atoms in total. The van der Waals surface area contributed by atoms with Gasteiger partial charge in [0.05, 0.1) is 6.10 Å². The van der Waals surface area contributed by atoms with Crippen LogP contribution in [-0.2, 0) is 4.74 Å². The molecular formula is C16H24N2O3. The predicted molar refractivity (Wildman–Crippen MR) is 79.7 cm³/mol. The molecule has 1 saturated heterocycles. The number of amides is 1. The van der Waals surface area contributed by atoms with Gasteiger partial charge in [0.25, 0.3) is 0 Å². The summed E-state index contributed by atoms with van der Waals surface area (Å²) in [6.45, 7) is 6.78. The van der Waals surface area contributed by atoms with Crippen LogP contribution in [-0.4, -0.2) is 39.8 Å². The molecule has 116 valence electrons. The molecule has 2 rings (SSSR count). The molecule has 2 unspecified atom stereocenters. The van der Waals surface area contributed by atoms with Crippen molar-refractivity contribution in [1.29, 1.82) is 0 Å². The van der Waals surface area contributed by atoms with Crippen molar-refractivity contribution < 1.29 is 14.6 Å². The fraction of sp³-hybridized carbons (Fsp3) is 0.625. The van der Waals surface area contributed by atoms with E-state index >= 15 is 0 Å². The maximum absolute atomic E-state index is 12.1. The minimum absolute atomic E-state index is 0.0236. The number of ether oxygens (including phenoxy) is 1. The standard InChI is InChI=1S/C16H24N2O3/c1-16(2,3)21-15(20)18-9-5-7-13(11-18)14(19)12-6-4-8-17-10-12/h4,6,8,10,13-14,19H,5,7,9,11H2,1-3H3. The molecule has 2 heterocycles. The largest absolute Gasteiger partial charge is 0.444 e. The topological polar surface area (TPSA) is 62.7 Å². The number of aliphatic hydroxyl groups is 1. The van der Waals surface area contributed by atoms with Crippen molar-refractivity contribution in [2.45, 2.75) is 45.3 Å². The molecule has 0 aromatic carbocycles. The maximum atomic E-state index is 12.1. The second-order valence-corrected chi connectivity index (χ2v) is 6.56. The van der Waals surface area contributed by atoms with Gasteiger partial charge >= 0.3 is 6.09 Å². The van der Waals surface area contributed by atoms with Gasteiger partial charge in [-0.1, -0.05) is 6.07 Å². The molecule has 0 aliphatic carbocycles. The molecule has 1 aromatic rings. The highest BCUT2D eigenvalue weighted by Gasteiger charge is 2.31. The zero-order chi connectivity index (χ0) is 15.5. The number of carbonyl (C=O) groups excluding carboxylic acids is 1. The van der Waals surface area contributed by atoms with Crippen LogP contribution in [0, 0.1) is 5.92 Å². The first-order valence-electron chi connectivity index (χ1n) is 7.43. The van der Waals surface area contributed by atoms with Crippen LogP contribution in [0.25, 0.3) is 0 Å². The lowest BCUT2D eigenvalue weighted by Gasteiger charge is -2.36. The van der Waals surface area contributed by atoms with Crippen molar-refractivity contribution >= 4 is 6.09 Å². The summed E-state index contributed by atoms with van der Waals surface area (Å²) in [5, 5.41) is 10.5. The molecular weight excluding hydrogens is 268 g/mol. The number of piperidine rings is 1. The first kappa shape index (κ1) is 15.8.